The van der Waals surface area contributed by atoms with Crippen LogP contribution in [0.15, 0.2) is 18.2 Å². The number of nitrogens with zero attached hydrogens (tertiary/aromatic N) is 2. The first-order valence-electron chi connectivity index (χ1n) is 5.89. The summed E-state index contributed by atoms with van der Waals surface area (Å²) in [6.07, 6.45) is 0. The van der Waals surface area contributed by atoms with E-state index in [-0.39, 0.29) is 23.2 Å². The molecular weight excluding hydrogens is 253 g/mol. The smallest absolute Gasteiger partial charge is 0.272 e. The normalized spacial score (nSPS) is 22.6. The molecule has 0 spiro atoms. The van der Waals surface area contributed by atoms with E-state index in [9.17, 15) is 19.3 Å². The van der Waals surface area contributed by atoms with Crippen LogP contribution < -0.4 is 5.73 Å². The lowest BCUT2D eigenvalue weighted by Crippen LogP contribution is -2.32. The molecule has 1 amide bonds. The summed E-state index contributed by atoms with van der Waals surface area (Å²) in [7, 11) is 0. The molecule has 1 saturated heterocycles. The Morgan fingerprint density at radius 3 is 2.68 bits per heavy atom. The van der Waals surface area contributed by atoms with Crippen LogP contribution >= 0.6 is 0 Å². The fourth-order valence-corrected chi connectivity index (χ4v) is 2.12. The van der Waals surface area contributed by atoms with Crippen LogP contribution in [0.5, 0.6) is 0 Å². The van der Waals surface area contributed by atoms with Crippen molar-refractivity contribution < 1.29 is 14.1 Å². The number of nitrogens with two attached hydrogens (primary N) is 1. The SMILES string of the molecule is CC1CN(C(=O)c2ccc([N+](=O)[O-])cc2F)CC1N. The average Bonchev–Trinajstić information content (AvgIpc) is 2.68. The molecule has 0 bridgehead atoms. The highest BCUT2D eigenvalue weighted by molar-refractivity contribution is 5.95. The second-order valence-electron chi connectivity index (χ2n) is 4.77. The molecule has 7 heteroatoms. The molecule has 1 aromatic rings. The van der Waals surface area contributed by atoms with E-state index in [1.807, 2.05) is 6.92 Å². The Balaban J connectivity index is 2.23. The van der Waals surface area contributed by atoms with Crippen molar-refractivity contribution in [3.05, 3.63) is 39.7 Å². The van der Waals surface area contributed by atoms with E-state index in [1.165, 1.54) is 4.90 Å². The van der Waals surface area contributed by atoms with Gasteiger partial charge in [0.15, 0.2) is 0 Å². The number of hydrogen-bond donors (Lipinski definition) is 1. The van der Waals surface area contributed by atoms with Gasteiger partial charge >= 0.3 is 0 Å². The molecular formula is C12H14FN3O3. The van der Waals surface area contributed by atoms with Gasteiger partial charge in [0, 0.05) is 25.2 Å². The first-order chi connectivity index (χ1) is 8.90. The summed E-state index contributed by atoms with van der Waals surface area (Å²) in [5.41, 5.74) is 5.27. The number of benzene rings is 1. The minimum atomic E-state index is -0.882. The van der Waals surface area contributed by atoms with Crippen LogP contribution in [0, 0.1) is 21.8 Å². The molecule has 2 unspecified atom stereocenters. The van der Waals surface area contributed by atoms with Crippen LogP contribution in [0.3, 0.4) is 0 Å². The van der Waals surface area contributed by atoms with Gasteiger partial charge in [-0.3, -0.25) is 14.9 Å². The van der Waals surface area contributed by atoms with Gasteiger partial charge in [0.1, 0.15) is 5.82 Å². The molecule has 1 fully saturated rings. The van der Waals surface area contributed by atoms with Gasteiger partial charge in [0.25, 0.3) is 11.6 Å². The second kappa shape index (κ2) is 4.93. The van der Waals surface area contributed by atoms with Crippen molar-refractivity contribution in [3.63, 3.8) is 0 Å². The topological polar surface area (TPSA) is 89.5 Å². The molecule has 0 radical (unpaired) electrons. The quantitative estimate of drug-likeness (QED) is 0.643. The molecule has 1 aliphatic heterocycles. The highest BCUT2D eigenvalue weighted by Gasteiger charge is 2.31. The van der Waals surface area contributed by atoms with E-state index < -0.39 is 16.6 Å². The standard InChI is InChI=1S/C12H14FN3O3/c1-7-5-15(6-11(7)14)12(17)9-3-2-8(16(18)19)4-10(9)13/h2-4,7,11H,5-6,14H2,1H3. The van der Waals surface area contributed by atoms with E-state index in [1.54, 1.807) is 0 Å². The molecule has 6 nitrogen and oxygen atoms in total. The number of carbonyl (C=O) groups is 1. The maximum absolute atomic E-state index is 13.7. The molecule has 0 saturated carbocycles. The predicted octanol–water partition coefficient (Wildman–Crippen LogP) is 1.15. The third-order valence-corrected chi connectivity index (χ3v) is 3.35. The highest BCUT2D eigenvalue weighted by Crippen LogP contribution is 2.21. The summed E-state index contributed by atoms with van der Waals surface area (Å²) in [4.78, 5) is 23.4. The molecule has 0 aliphatic carbocycles. The zero-order valence-electron chi connectivity index (χ0n) is 10.4. The molecule has 1 aromatic carbocycles. The zero-order valence-corrected chi connectivity index (χ0v) is 10.4. The third-order valence-electron chi connectivity index (χ3n) is 3.35. The number of hydrogen-bond acceptors (Lipinski definition) is 4. The predicted molar refractivity (Wildman–Crippen MR) is 66.1 cm³/mol. The highest BCUT2D eigenvalue weighted by atomic mass is 19.1. The van der Waals surface area contributed by atoms with Crippen molar-refractivity contribution in [3.8, 4) is 0 Å². The number of carbonyl (C=O) groups excluding carboxylic acids is 1. The average molecular weight is 267 g/mol. The maximum atomic E-state index is 13.7. The minimum absolute atomic E-state index is 0.120. The number of non-ortho nitro benzene ring substituents is 1. The lowest BCUT2D eigenvalue weighted by molar-refractivity contribution is -0.385. The summed E-state index contributed by atoms with van der Waals surface area (Å²) in [5, 5.41) is 10.5. The van der Waals surface area contributed by atoms with E-state index in [2.05, 4.69) is 0 Å². The molecule has 2 atom stereocenters. The lowest BCUT2D eigenvalue weighted by atomic mass is 10.1. The van der Waals surface area contributed by atoms with Crippen molar-refractivity contribution in [2.75, 3.05) is 13.1 Å². The molecule has 2 rings (SSSR count). The van der Waals surface area contributed by atoms with Crippen molar-refractivity contribution in [1.29, 1.82) is 0 Å². The van der Waals surface area contributed by atoms with E-state index >= 15 is 0 Å². The van der Waals surface area contributed by atoms with Crippen LogP contribution in [0.2, 0.25) is 0 Å². The largest absolute Gasteiger partial charge is 0.337 e. The maximum Gasteiger partial charge on any atom is 0.272 e. The summed E-state index contributed by atoms with van der Waals surface area (Å²) in [6, 6.07) is 2.90. The Hall–Kier alpha value is -2.02. The third kappa shape index (κ3) is 2.55. The van der Waals surface area contributed by atoms with Crippen molar-refractivity contribution in [2.24, 2.45) is 11.7 Å². The minimum Gasteiger partial charge on any atom is -0.337 e. The zero-order chi connectivity index (χ0) is 14.2. The summed E-state index contributed by atoms with van der Waals surface area (Å²) in [5.74, 6) is -1.20. The van der Waals surface area contributed by atoms with Gasteiger partial charge in [-0.25, -0.2) is 4.39 Å². The molecule has 19 heavy (non-hydrogen) atoms. The summed E-state index contributed by atoms with van der Waals surface area (Å²) in [6.45, 7) is 2.76. The van der Waals surface area contributed by atoms with E-state index in [0.29, 0.717) is 13.1 Å². The van der Waals surface area contributed by atoms with Crippen LogP contribution in [-0.4, -0.2) is 34.9 Å². The van der Waals surface area contributed by atoms with Crippen LogP contribution in [0.25, 0.3) is 0 Å². The van der Waals surface area contributed by atoms with Crippen LogP contribution in [0.4, 0.5) is 10.1 Å². The molecule has 2 N–H and O–H groups in total. The van der Waals surface area contributed by atoms with Crippen LogP contribution in [0.1, 0.15) is 17.3 Å². The molecule has 1 aliphatic rings. The molecule has 1 heterocycles. The van der Waals surface area contributed by atoms with Gasteiger partial charge in [0.05, 0.1) is 16.6 Å². The Kier molecular flexibility index (Phi) is 3.48. The van der Waals surface area contributed by atoms with Gasteiger partial charge in [-0.1, -0.05) is 6.92 Å². The van der Waals surface area contributed by atoms with Gasteiger partial charge in [-0.2, -0.15) is 0 Å². The Labute approximate surface area is 109 Å². The van der Waals surface area contributed by atoms with Crippen LogP contribution in [-0.2, 0) is 0 Å². The fourth-order valence-electron chi connectivity index (χ4n) is 2.12. The Morgan fingerprint density at radius 2 is 2.21 bits per heavy atom. The number of nitro benzene ring substituents is 1. The number of nitro groups is 1. The fraction of sp³-hybridized carbons (Fsp3) is 0.417. The Morgan fingerprint density at radius 1 is 1.53 bits per heavy atom. The van der Waals surface area contributed by atoms with Gasteiger partial charge in [-0.05, 0) is 12.0 Å². The van der Waals surface area contributed by atoms with E-state index in [0.717, 1.165) is 18.2 Å². The Bertz CT molecular complexity index is 525. The molecule has 0 aromatic heterocycles. The monoisotopic (exact) mass is 267 g/mol. The number of amides is 1. The van der Waals surface area contributed by atoms with Gasteiger partial charge in [0.2, 0.25) is 0 Å². The van der Waals surface area contributed by atoms with E-state index in [4.69, 9.17) is 5.73 Å². The van der Waals surface area contributed by atoms with Gasteiger partial charge < -0.3 is 10.6 Å². The van der Waals surface area contributed by atoms with Crippen molar-refractivity contribution >= 4 is 11.6 Å². The van der Waals surface area contributed by atoms with Crippen molar-refractivity contribution in [2.45, 2.75) is 13.0 Å². The number of halogens is 1. The number of rotatable bonds is 2. The lowest BCUT2D eigenvalue weighted by Gasteiger charge is -2.16. The summed E-state index contributed by atoms with van der Waals surface area (Å²) < 4.78 is 13.7. The first kappa shape index (κ1) is 13.4. The molecule has 102 valence electrons. The first-order valence-corrected chi connectivity index (χ1v) is 5.89. The number of likely N-dealkylation sites (tertiary alicyclic amines) is 1. The van der Waals surface area contributed by atoms with Gasteiger partial charge in [-0.15, -0.1) is 0 Å². The van der Waals surface area contributed by atoms with Crippen molar-refractivity contribution in [1.82, 2.24) is 4.90 Å². The summed E-state index contributed by atoms with van der Waals surface area (Å²) >= 11 is 0. The second-order valence-corrected chi connectivity index (χ2v) is 4.77.